The van der Waals surface area contributed by atoms with Crippen LogP contribution in [0.1, 0.15) is 0 Å². The fraction of sp³-hybridized carbons (Fsp3) is 1.00. The number of hydrogen-bond acceptors (Lipinski definition) is 21. The van der Waals surface area contributed by atoms with Gasteiger partial charge in [0, 0.05) is 0 Å². The predicted molar refractivity (Wildman–Crippen MR) is 134 cm³/mol. The fourth-order valence-electron chi connectivity index (χ4n) is 5.44. The van der Waals surface area contributed by atoms with E-state index in [1.54, 1.807) is 0 Å². The van der Waals surface area contributed by atoms with Crippen LogP contribution in [0.4, 0.5) is 0 Å². The van der Waals surface area contributed by atoms with Gasteiger partial charge in [0.2, 0.25) is 0 Å². The minimum atomic E-state index is -2.06. The fourth-order valence-corrected chi connectivity index (χ4v) is 5.44. The van der Waals surface area contributed by atoms with Crippen molar-refractivity contribution in [3.8, 4) is 0 Å². The van der Waals surface area contributed by atoms with Crippen LogP contribution >= 0.6 is 0 Å². The summed E-state index contributed by atoms with van der Waals surface area (Å²) in [5.41, 5.74) is 0. The highest BCUT2D eigenvalue weighted by Gasteiger charge is 2.54. The summed E-state index contributed by atoms with van der Waals surface area (Å²) in [7, 11) is 0. The Kier molecular flexibility index (Phi) is 12.8. The third-order valence-corrected chi connectivity index (χ3v) is 8.18. The molecule has 21 heteroatoms. The van der Waals surface area contributed by atoms with Gasteiger partial charge < -0.3 is 105 Å². The molecule has 0 aromatic carbocycles. The molecule has 4 rings (SSSR count). The molecule has 0 unspecified atom stereocenters. The zero-order valence-corrected chi connectivity index (χ0v) is 23.5. The lowest BCUT2D eigenvalue weighted by Gasteiger charge is -2.48. The molecule has 0 spiro atoms. The molecule has 0 saturated carbocycles. The first kappa shape index (κ1) is 37.0. The Morgan fingerprint density at radius 2 is 0.778 bits per heavy atom. The van der Waals surface area contributed by atoms with Gasteiger partial charge in [0.25, 0.3) is 0 Å². The Bertz CT molecular complexity index is 912. The molecule has 4 saturated heterocycles. The van der Waals surface area contributed by atoms with E-state index in [0.717, 1.165) is 0 Å². The Labute approximate surface area is 254 Å². The Morgan fingerprint density at radius 3 is 1.29 bits per heavy atom. The molecule has 14 N–H and O–H groups in total. The molecule has 4 aliphatic rings. The molecule has 0 amide bonds. The van der Waals surface area contributed by atoms with Crippen LogP contribution in [-0.2, 0) is 33.2 Å². The van der Waals surface area contributed by atoms with E-state index < -0.39 is 149 Å². The van der Waals surface area contributed by atoms with E-state index in [1.807, 2.05) is 0 Å². The normalized spacial score (nSPS) is 52.9. The quantitative estimate of drug-likeness (QED) is 0.103. The second kappa shape index (κ2) is 15.6. The van der Waals surface area contributed by atoms with E-state index >= 15 is 0 Å². The lowest BCUT2D eigenvalue weighted by molar-refractivity contribution is -0.383. The summed E-state index contributed by atoms with van der Waals surface area (Å²) in [5.74, 6) is 0. The van der Waals surface area contributed by atoms with Crippen LogP contribution in [0.2, 0.25) is 0 Å². The van der Waals surface area contributed by atoms with E-state index in [9.17, 15) is 71.5 Å². The average Bonchev–Trinajstić information content (AvgIpc) is 3.03. The van der Waals surface area contributed by atoms with Gasteiger partial charge in [-0.3, -0.25) is 0 Å². The van der Waals surface area contributed by atoms with Gasteiger partial charge in [-0.05, 0) is 0 Å². The molecule has 0 aromatic rings. The molecular weight excluding hydrogens is 624 g/mol. The van der Waals surface area contributed by atoms with Crippen LogP contribution in [0.25, 0.3) is 0 Å². The Balaban J connectivity index is 1.56. The van der Waals surface area contributed by atoms with Gasteiger partial charge >= 0.3 is 0 Å². The largest absolute Gasteiger partial charge is 0.394 e. The molecule has 20 atom stereocenters. The second-order valence-electron chi connectivity index (χ2n) is 11.2. The van der Waals surface area contributed by atoms with Crippen molar-refractivity contribution in [3.63, 3.8) is 0 Å². The summed E-state index contributed by atoms with van der Waals surface area (Å²) < 4.78 is 38.0. The van der Waals surface area contributed by atoms with Crippen molar-refractivity contribution >= 4 is 0 Å². The zero-order valence-electron chi connectivity index (χ0n) is 23.5. The van der Waals surface area contributed by atoms with E-state index in [0.29, 0.717) is 0 Å². The van der Waals surface area contributed by atoms with Crippen LogP contribution in [0.3, 0.4) is 0 Å². The molecule has 45 heavy (non-hydrogen) atoms. The minimum absolute atomic E-state index is 0.761. The smallest absolute Gasteiger partial charge is 0.187 e. The van der Waals surface area contributed by atoms with Gasteiger partial charge in [0.15, 0.2) is 25.2 Å². The highest BCUT2D eigenvalue weighted by atomic mass is 16.8. The number of aliphatic hydroxyl groups excluding tert-OH is 14. The highest BCUT2D eigenvalue weighted by molar-refractivity contribution is 4.97. The summed E-state index contributed by atoms with van der Waals surface area (Å²) in [6, 6.07) is 0. The summed E-state index contributed by atoms with van der Waals surface area (Å²) in [4.78, 5) is 0. The summed E-state index contributed by atoms with van der Waals surface area (Å²) in [6.45, 7) is -3.21. The van der Waals surface area contributed by atoms with Gasteiger partial charge in [0.05, 0.1) is 26.4 Å². The number of aliphatic hydroxyl groups is 14. The minimum Gasteiger partial charge on any atom is -0.394 e. The number of hydrogen-bond donors (Lipinski definition) is 14. The third-order valence-electron chi connectivity index (χ3n) is 8.18. The van der Waals surface area contributed by atoms with Crippen molar-refractivity contribution in [1.82, 2.24) is 0 Å². The summed E-state index contributed by atoms with van der Waals surface area (Å²) in [5, 5.41) is 142. The van der Waals surface area contributed by atoms with Gasteiger partial charge in [0.1, 0.15) is 97.7 Å². The predicted octanol–water partition coefficient (Wildman–Crippen LogP) is -9.75. The monoisotopic (exact) mass is 666 g/mol. The van der Waals surface area contributed by atoms with Crippen molar-refractivity contribution in [2.75, 3.05) is 26.4 Å². The summed E-state index contributed by atoms with van der Waals surface area (Å²) in [6.07, 6.45) is -35.6. The third kappa shape index (κ3) is 7.59. The van der Waals surface area contributed by atoms with Crippen molar-refractivity contribution < 1.29 is 105 Å². The van der Waals surface area contributed by atoms with Crippen molar-refractivity contribution in [1.29, 1.82) is 0 Å². The molecule has 4 aliphatic heterocycles. The summed E-state index contributed by atoms with van der Waals surface area (Å²) >= 11 is 0. The Morgan fingerprint density at radius 1 is 0.378 bits per heavy atom. The molecule has 0 bridgehead atoms. The van der Waals surface area contributed by atoms with E-state index in [4.69, 9.17) is 33.2 Å². The number of ether oxygens (including phenoxy) is 7. The maximum Gasteiger partial charge on any atom is 0.187 e. The van der Waals surface area contributed by atoms with Crippen LogP contribution in [0.5, 0.6) is 0 Å². The molecule has 0 radical (unpaired) electrons. The number of rotatable bonds is 10. The average molecular weight is 667 g/mol. The van der Waals surface area contributed by atoms with Crippen molar-refractivity contribution in [2.24, 2.45) is 0 Å². The highest BCUT2D eigenvalue weighted by Crippen LogP contribution is 2.33. The van der Waals surface area contributed by atoms with Crippen LogP contribution in [0.15, 0.2) is 0 Å². The molecule has 4 fully saturated rings. The standard InChI is InChI=1S/C24H42O21/c25-1-5-9(28)11(30)16(35)22(41-5)39-4-8-20(45-23-17(36)12(31)10(29)6(2-26)42-23)14(33)18(37)24(43-8)44-19-7(3-27)40-21(38)15(34)13(19)32/h5-38H,1-4H2/t5-,6-,7-,8-,9-,10+,11+,12+,13-,14-,15-,16+,17-,18-,19-,20-,21+,22+,23-,24-/m1/s1. The molecule has 0 aromatic heterocycles. The van der Waals surface area contributed by atoms with Gasteiger partial charge in [-0.15, -0.1) is 0 Å². The lowest BCUT2D eigenvalue weighted by atomic mass is 9.96. The van der Waals surface area contributed by atoms with E-state index in [-0.39, 0.29) is 0 Å². The van der Waals surface area contributed by atoms with Gasteiger partial charge in [-0.1, -0.05) is 0 Å². The topological polar surface area (TPSA) is 348 Å². The van der Waals surface area contributed by atoms with Crippen molar-refractivity contribution in [3.05, 3.63) is 0 Å². The molecule has 0 aliphatic carbocycles. The maximum absolute atomic E-state index is 11.1. The maximum atomic E-state index is 11.1. The molecule has 4 heterocycles. The van der Waals surface area contributed by atoms with Gasteiger partial charge in [-0.2, -0.15) is 0 Å². The Hall–Kier alpha value is -0.840. The van der Waals surface area contributed by atoms with Crippen molar-refractivity contribution in [2.45, 2.75) is 123 Å². The first-order valence-electron chi connectivity index (χ1n) is 14.1. The van der Waals surface area contributed by atoms with Gasteiger partial charge in [-0.25, -0.2) is 0 Å². The van der Waals surface area contributed by atoms with Crippen LogP contribution in [0, 0.1) is 0 Å². The molecule has 21 nitrogen and oxygen atoms in total. The SMILES string of the molecule is OC[C@H]1O[C@H](O[C@H]2[C@H](O)[C@@H](O)[C@@H](O[C@H]3[C@H](O)[C@@H](O)[C@@H](O)O[C@@H]3CO)O[C@@H]2CO[C@H]2O[C@H](CO)[C@@H](O)[C@H](O)[C@@H]2O)[C@H](O)[C@@H](O)[C@H]1O. The first-order valence-corrected chi connectivity index (χ1v) is 14.1. The molecule has 264 valence electrons. The van der Waals surface area contributed by atoms with E-state index in [2.05, 4.69) is 0 Å². The first-order chi connectivity index (χ1) is 21.2. The lowest BCUT2D eigenvalue weighted by Crippen LogP contribution is -2.67. The molecular formula is C24H42O21. The van der Waals surface area contributed by atoms with E-state index in [1.165, 1.54) is 0 Å². The van der Waals surface area contributed by atoms with Crippen LogP contribution < -0.4 is 0 Å². The second-order valence-corrected chi connectivity index (χ2v) is 11.2. The zero-order chi connectivity index (χ0) is 33.3. The van der Waals surface area contributed by atoms with Crippen LogP contribution in [-0.4, -0.2) is 221 Å².